The van der Waals surface area contributed by atoms with Crippen molar-refractivity contribution in [3.8, 4) is 11.3 Å². The van der Waals surface area contributed by atoms with Crippen molar-refractivity contribution in [3.63, 3.8) is 0 Å². The average molecular weight is 336 g/mol. The highest BCUT2D eigenvalue weighted by atomic mass is 32.2. The predicted octanol–water partition coefficient (Wildman–Crippen LogP) is 3.82. The first kappa shape index (κ1) is 14.1. The maximum Gasteiger partial charge on any atom is 0.254 e. The van der Waals surface area contributed by atoms with Crippen LogP contribution in [0.4, 0.5) is 0 Å². The van der Waals surface area contributed by atoms with E-state index in [1.165, 1.54) is 0 Å². The number of carbonyl (C=O) groups excluding carboxylic acids is 1. The fraction of sp³-hybridized carbons (Fsp3) is 0.263. The highest BCUT2D eigenvalue weighted by molar-refractivity contribution is 8.00. The lowest BCUT2D eigenvalue weighted by Gasteiger charge is -2.26. The van der Waals surface area contributed by atoms with Crippen molar-refractivity contribution in [2.45, 2.75) is 17.7 Å². The van der Waals surface area contributed by atoms with Crippen LogP contribution in [0, 0.1) is 0 Å². The van der Waals surface area contributed by atoms with E-state index in [1.807, 2.05) is 65.2 Å². The van der Waals surface area contributed by atoms with Gasteiger partial charge in [-0.15, -0.1) is 0 Å². The zero-order chi connectivity index (χ0) is 16.1. The van der Waals surface area contributed by atoms with E-state index in [0.29, 0.717) is 11.3 Å². The van der Waals surface area contributed by atoms with Crippen LogP contribution in [0.5, 0.6) is 0 Å². The first-order valence-corrected chi connectivity index (χ1v) is 9.22. The van der Waals surface area contributed by atoms with Crippen LogP contribution in [-0.2, 0) is 0 Å². The maximum atomic E-state index is 12.9. The molecule has 0 N–H and O–H groups in total. The van der Waals surface area contributed by atoms with Crippen molar-refractivity contribution < 1.29 is 9.32 Å². The van der Waals surface area contributed by atoms with Gasteiger partial charge in [0.05, 0.1) is 5.39 Å². The molecule has 3 aromatic rings. The number of fused-ring (bicyclic) bond motifs is 3. The molecule has 2 bridgehead atoms. The van der Waals surface area contributed by atoms with Gasteiger partial charge in [-0.25, -0.2) is 0 Å². The molecule has 3 heterocycles. The summed E-state index contributed by atoms with van der Waals surface area (Å²) in [6, 6.07) is 16.0. The molecular weight excluding hydrogens is 320 g/mol. The molecular formula is C19H16N2O2S. The van der Waals surface area contributed by atoms with Crippen molar-refractivity contribution in [1.29, 1.82) is 0 Å². The normalized spacial score (nSPS) is 22.4. The Morgan fingerprint density at radius 2 is 2.08 bits per heavy atom. The van der Waals surface area contributed by atoms with E-state index in [0.717, 1.165) is 46.5 Å². The van der Waals surface area contributed by atoms with Crippen LogP contribution in [0.25, 0.3) is 22.2 Å². The topological polar surface area (TPSA) is 46.3 Å². The lowest BCUT2D eigenvalue weighted by molar-refractivity contribution is 0.0748. The molecule has 0 radical (unpaired) electrons. The zero-order valence-corrected chi connectivity index (χ0v) is 13.8. The second-order valence-electron chi connectivity index (χ2n) is 6.41. The predicted molar refractivity (Wildman–Crippen MR) is 95.1 cm³/mol. The minimum Gasteiger partial charge on any atom is -0.355 e. The van der Waals surface area contributed by atoms with Gasteiger partial charge < -0.3 is 9.42 Å². The Balaban J connectivity index is 1.55. The average Bonchev–Trinajstić information content (AvgIpc) is 3.36. The smallest absolute Gasteiger partial charge is 0.254 e. The van der Waals surface area contributed by atoms with Gasteiger partial charge in [-0.1, -0.05) is 35.5 Å². The number of rotatable bonds is 2. The summed E-state index contributed by atoms with van der Waals surface area (Å²) < 4.78 is 5.53. The van der Waals surface area contributed by atoms with Gasteiger partial charge in [-0.05, 0) is 24.6 Å². The molecule has 2 atom stereocenters. The van der Waals surface area contributed by atoms with E-state index in [4.69, 9.17) is 4.52 Å². The summed E-state index contributed by atoms with van der Waals surface area (Å²) in [6.45, 7) is 0.876. The third kappa shape index (κ3) is 2.15. The fourth-order valence-corrected chi connectivity index (χ4v) is 5.12. The summed E-state index contributed by atoms with van der Waals surface area (Å²) in [5.74, 6) is 1.92. The Morgan fingerprint density at radius 1 is 1.21 bits per heavy atom. The lowest BCUT2D eigenvalue weighted by atomic mass is 10.1. The Bertz CT molecular complexity index is 922. The highest BCUT2D eigenvalue weighted by Gasteiger charge is 2.41. The molecule has 5 heteroatoms. The number of thioether (sulfide) groups is 1. The molecule has 1 aromatic heterocycles. The van der Waals surface area contributed by atoms with E-state index < -0.39 is 0 Å². The van der Waals surface area contributed by atoms with Gasteiger partial charge in [-0.3, -0.25) is 4.79 Å². The quantitative estimate of drug-likeness (QED) is 0.714. The van der Waals surface area contributed by atoms with Crippen molar-refractivity contribution in [3.05, 3.63) is 54.1 Å². The number of amides is 1. The summed E-state index contributed by atoms with van der Waals surface area (Å²) in [5, 5.41) is 5.65. The van der Waals surface area contributed by atoms with E-state index >= 15 is 0 Å². The molecule has 5 rings (SSSR count). The Morgan fingerprint density at radius 3 is 2.83 bits per heavy atom. The molecule has 24 heavy (non-hydrogen) atoms. The fourth-order valence-electron chi connectivity index (χ4n) is 3.69. The van der Waals surface area contributed by atoms with Crippen molar-refractivity contribution in [1.82, 2.24) is 10.1 Å². The van der Waals surface area contributed by atoms with Gasteiger partial charge in [0.15, 0.2) is 5.76 Å². The molecule has 2 aromatic carbocycles. The highest BCUT2D eigenvalue weighted by Crippen LogP contribution is 2.38. The zero-order valence-electron chi connectivity index (χ0n) is 13.0. The maximum absolute atomic E-state index is 12.9. The van der Waals surface area contributed by atoms with Gasteiger partial charge in [0.1, 0.15) is 5.52 Å². The number of nitrogens with zero attached hydrogens (tertiary/aromatic N) is 2. The third-order valence-corrected chi connectivity index (χ3v) is 6.31. The largest absolute Gasteiger partial charge is 0.355 e. The first-order chi connectivity index (χ1) is 11.8. The molecule has 4 nitrogen and oxygen atoms in total. The molecule has 2 saturated heterocycles. The molecule has 0 saturated carbocycles. The number of likely N-dealkylation sites (tertiary alicyclic amines) is 1. The monoisotopic (exact) mass is 336 g/mol. The van der Waals surface area contributed by atoms with E-state index in [2.05, 4.69) is 5.16 Å². The molecule has 2 aliphatic rings. The molecule has 1 amide bonds. The van der Waals surface area contributed by atoms with Crippen LogP contribution in [-0.4, -0.2) is 39.6 Å². The Hall–Kier alpha value is -2.27. The minimum atomic E-state index is 0.130. The summed E-state index contributed by atoms with van der Waals surface area (Å²) in [6.07, 6.45) is 1.14. The Labute approximate surface area is 143 Å². The van der Waals surface area contributed by atoms with Crippen LogP contribution >= 0.6 is 11.8 Å². The SMILES string of the molecule is O=C(c1ccc2noc(-c3ccccc3)c2c1)N1CC2CC1CS2. The third-order valence-electron chi connectivity index (χ3n) is 4.92. The van der Waals surface area contributed by atoms with Crippen LogP contribution in [0.3, 0.4) is 0 Å². The number of aromatic nitrogens is 1. The van der Waals surface area contributed by atoms with Gasteiger partial charge in [0, 0.05) is 34.7 Å². The summed E-state index contributed by atoms with van der Waals surface area (Å²) in [5.41, 5.74) is 2.48. The van der Waals surface area contributed by atoms with Crippen LogP contribution in [0.1, 0.15) is 16.8 Å². The standard InChI is InChI=1S/C19H16N2O2S/c22-19(21-10-15-9-14(21)11-24-15)13-6-7-17-16(8-13)18(23-20-17)12-4-2-1-3-5-12/h1-8,14-15H,9-11H2. The number of carbonyl (C=O) groups is 1. The Kier molecular flexibility index (Phi) is 3.16. The molecule has 2 fully saturated rings. The molecule has 0 spiro atoms. The van der Waals surface area contributed by atoms with Gasteiger partial charge >= 0.3 is 0 Å². The minimum absolute atomic E-state index is 0.130. The van der Waals surface area contributed by atoms with Gasteiger partial charge in [0.25, 0.3) is 5.91 Å². The van der Waals surface area contributed by atoms with Gasteiger partial charge in [-0.2, -0.15) is 11.8 Å². The number of hydrogen-bond acceptors (Lipinski definition) is 4. The van der Waals surface area contributed by atoms with Crippen molar-refractivity contribution in [2.24, 2.45) is 0 Å². The summed E-state index contributed by atoms with van der Waals surface area (Å²) in [4.78, 5) is 15.0. The summed E-state index contributed by atoms with van der Waals surface area (Å²) >= 11 is 1.99. The van der Waals surface area contributed by atoms with Crippen molar-refractivity contribution in [2.75, 3.05) is 12.3 Å². The lowest BCUT2D eigenvalue weighted by Crippen LogP contribution is -2.39. The van der Waals surface area contributed by atoms with Crippen molar-refractivity contribution >= 4 is 28.6 Å². The van der Waals surface area contributed by atoms with Crippen LogP contribution in [0.15, 0.2) is 53.1 Å². The molecule has 120 valence electrons. The second-order valence-corrected chi connectivity index (χ2v) is 7.75. The first-order valence-electron chi connectivity index (χ1n) is 8.17. The molecule has 2 aliphatic heterocycles. The van der Waals surface area contributed by atoms with Crippen LogP contribution < -0.4 is 0 Å². The van der Waals surface area contributed by atoms with E-state index in [-0.39, 0.29) is 5.91 Å². The second kappa shape index (κ2) is 5.38. The van der Waals surface area contributed by atoms with Gasteiger partial charge in [0.2, 0.25) is 0 Å². The molecule has 0 aliphatic carbocycles. The van der Waals surface area contributed by atoms with E-state index in [1.54, 1.807) is 0 Å². The number of benzene rings is 2. The van der Waals surface area contributed by atoms with Crippen LogP contribution in [0.2, 0.25) is 0 Å². The number of hydrogen-bond donors (Lipinski definition) is 0. The van der Waals surface area contributed by atoms with E-state index in [9.17, 15) is 4.79 Å². The summed E-state index contributed by atoms with van der Waals surface area (Å²) in [7, 11) is 0. The molecule has 2 unspecified atom stereocenters.